The van der Waals surface area contributed by atoms with Crippen LogP contribution in [0.2, 0.25) is 0 Å². The second-order valence-corrected chi connectivity index (χ2v) is 10.9. The minimum Gasteiger partial charge on any atom is -0.497 e. The van der Waals surface area contributed by atoms with Gasteiger partial charge in [-0.15, -0.1) is 11.3 Å². The number of sulfone groups is 1. The number of carbonyl (C=O) groups is 1. The van der Waals surface area contributed by atoms with Crippen molar-refractivity contribution in [2.45, 2.75) is 36.0 Å². The first kappa shape index (κ1) is 22.4. The number of carbonyl (C=O) groups excluding carboxylic acids is 1. The molecular weight excluding hydrogens is 446 g/mol. The molecule has 0 saturated heterocycles. The van der Waals surface area contributed by atoms with Gasteiger partial charge in [0.05, 0.1) is 24.3 Å². The Hall–Kier alpha value is -2.84. The number of amides is 1. The van der Waals surface area contributed by atoms with Gasteiger partial charge in [-0.1, -0.05) is 26.0 Å². The lowest BCUT2D eigenvalue weighted by atomic mass is 9.90. The first-order valence-electron chi connectivity index (χ1n) is 10.3. The number of hydrogen-bond acceptors (Lipinski definition) is 6. The van der Waals surface area contributed by atoms with Gasteiger partial charge in [-0.25, -0.2) is 8.42 Å². The van der Waals surface area contributed by atoms with Crippen LogP contribution in [0.3, 0.4) is 0 Å². The van der Waals surface area contributed by atoms with Gasteiger partial charge in [0.1, 0.15) is 16.4 Å². The predicted octanol–water partition coefficient (Wildman–Crippen LogP) is 5.10. The predicted molar refractivity (Wildman–Crippen MR) is 125 cm³/mol. The molecular formula is C24H25NO5S2. The molecule has 0 bridgehead atoms. The third-order valence-corrected chi connectivity index (χ3v) is 8.32. The fraction of sp³-hybridized carbons (Fsp3) is 0.292. The van der Waals surface area contributed by atoms with E-state index in [0.29, 0.717) is 24.0 Å². The van der Waals surface area contributed by atoms with E-state index in [1.165, 1.54) is 30.6 Å². The van der Waals surface area contributed by atoms with Gasteiger partial charge in [0, 0.05) is 22.6 Å². The van der Waals surface area contributed by atoms with Crippen LogP contribution in [0.4, 0.5) is 5.69 Å². The maximum atomic E-state index is 13.3. The Kier molecular flexibility index (Phi) is 6.26. The third kappa shape index (κ3) is 4.38. The molecule has 8 heteroatoms. The van der Waals surface area contributed by atoms with Crippen LogP contribution in [-0.4, -0.2) is 28.0 Å². The van der Waals surface area contributed by atoms with Crippen molar-refractivity contribution in [3.63, 3.8) is 0 Å². The zero-order valence-corrected chi connectivity index (χ0v) is 19.8. The normalized spacial score (nSPS) is 15.9. The number of thiophene rings is 1. The van der Waals surface area contributed by atoms with Crippen molar-refractivity contribution in [1.82, 2.24) is 0 Å². The highest BCUT2D eigenvalue weighted by Crippen LogP contribution is 2.46. The summed E-state index contributed by atoms with van der Waals surface area (Å²) >= 11 is 1.35. The summed E-state index contributed by atoms with van der Waals surface area (Å²) in [6, 6.07) is 13.9. The molecule has 2 aromatic carbocycles. The molecule has 1 aliphatic rings. The molecule has 2 heterocycles. The largest absolute Gasteiger partial charge is 0.497 e. The number of rotatable bonds is 7. The molecule has 1 aromatic heterocycles. The highest BCUT2D eigenvalue weighted by molar-refractivity contribution is 7.91. The van der Waals surface area contributed by atoms with Gasteiger partial charge in [-0.05, 0) is 47.9 Å². The van der Waals surface area contributed by atoms with Crippen LogP contribution < -0.4 is 14.8 Å². The van der Waals surface area contributed by atoms with E-state index >= 15 is 0 Å². The van der Waals surface area contributed by atoms with Crippen molar-refractivity contribution in [2.24, 2.45) is 5.92 Å². The molecule has 0 aliphatic carbocycles. The fourth-order valence-electron chi connectivity index (χ4n) is 3.61. The van der Waals surface area contributed by atoms with Crippen LogP contribution in [-0.2, 0) is 14.6 Å². The van der Waals surface area contributed by atoms with Crippen LogP contribution in [0.5, 0.6) is 11.5 Å². The van der Waals surface area contributed by atoms with E-state index in [1.54, 1.807) is 17.5 Å². The van der Waals surface area contributed by atoms with Gasteiger partial charge in [0.15, 0.2) is 0 Å². The quantitative estimate of drug-likeness (QED) is 0.519. The van der Waals surface area contributed by atoms with Gasteiger partial charge < -0.3 is 14.8 Å². The molecule has 1 amide bonds. The van der Waals surface area contributed by atoms with E-state index in [1.807, 2.05) is 24.3 Å². The van der Waals surface area contributed by atoms with Gasteiger partial charge in [-0.3, -0.25) is 4.79 Å². The lowest BCUT2D eigenvalue weighted by Gasteiger charge is -2.24. The molecule has 32 heavy (non-hydrogen) atoms. The van der Waals surface area contributed by atoms with E-state index in [4.69, 9.17) is 9.47 Å². The van der Waals surface area contributed by atoms with Gasteiger partial charge in [0.25, 0.3) is 0 Å². The van der Waals surface area contributed by atoms with Gasteiger partial charge in [-0.2, -0.15) is 0 Å². The monoisotopic (exact) mass is 471 g/mol. The van der Waals surface area contributed by atoms with Crippen LogP contribution >= 0.6 is 11.3 Å². The number of fused-ring (bicyclic) bond motifs is 1. The molecule has 1 aliphatic heterocycles. The van der Waals surface area contributed by atoms with Crippen molar-refractivity contribution in [3.05, 3.63) is 64.4 Å². The SMILES string of the molecule is COc1ccc(S(=O)(=O)c2csc3c2NC(=O)CC3c2ccc(OCC(C)C)cc2)cc1. The molecule has 4 rings (SSSR count). The number of nitrogens with one attached hydrogen (secondary N) is 1. The lowest BCUT2D eigenvalue weighted by molar-refractivity contribution is -0.116. The summed E-state index contributed by atoms with van der Waals surface area (Å²) in [5.74, 6) is 1.37. The molecule has 168 valence electrons. The zero-order chi connectivity index (χ0) is 22.9. The van der Waals surface area contributed by atoms with Crippen molar-refractivity contribution >= 4 is 32.8 Å². The smallest absolute Gasteiger partial charge is 0.225 e. The summed E-state index contributed by atoms with van der Waals surface area (Å²) in [6.07, 6.45) is 0.266. The Balaban J connectivity index is 1.67. The summed E-state index contributed by atoms with van der Waals surface area (Å²) < 4.78 is 37.4. The summed E-state index contributed by atoms with van der Waals surface area (Å²) in [6.45, 7) is 4.81. The Bertz CT molecular complexity index is 1210. The van der Waals surface area contributed by atoms with Crippen molar-refractivity contribution in [1.29, 1.82) is 0 Å². The Morgan fingerprint density at radius 2 is 1.72 bits per heavy atom. The first-order valence-corrected chi connectivity index (χ1v) is 12.7. The summed E-state index contributed by atoms with van der Waals surface area (Å²) in [7, 11) is -2.27. The molecule has 3 aromatic rings. The molecule has 1 N–H and O–H groups in total. The topological polar surface area (TPSA) is 81.7 Å². The minimum absolute atomic E-state index is 0.123. The second kappa shape index (κ2) is 8.96. The fourth-order valence-corrected chi connectivity index (χ4v) is 6.52. The van der Waals surface area contributed by atoms with Crippen molar-refractivity contribution < 1.29 is 22.7 Å². The maximum absolute atomic E-state index is 13.3. The number of hydrogen-bond donors (Lipinski definition) is 1. The Morgan fingerprint density at radius 3 is 2.34 bits per heavy atom. The molecule has 1 unspecified atom stereocenters. The van der Waals surface area contributed by atoms with Crippen LogP contribution in [0.1, 0.15) is 36.6 Å². The van der Waals surface area contributed by atoms with E-state index in [0.717, 1.165) is 16.2 Å². The highest BCUT2D eigenvalue weighted by Gasteiger charge is 2.34. The average Bonchev–Trinajstić information content (AvgIpc) is 3.22. The number of benzene rings is 2. The van der Waals surface area contributed by atoms with Crippen LogP contribution in [0, 0.1) is 5.92 Å². The van der Waals surface area contributed by atoms with Crippen LogP contribution in [0.25, 0.3) is 0 Å². The number of anilines is 1. The zero-order valence-electron chi connectivity index (χ0n) is 18.1. The average molecular weight is 472 g/mol. The molecule has 1 atom stereocenters. The van der Waals surface area contributed by atoms with Gasteiger partial charge in [0.2, 0.25) is 15.7 Å². The van der Waals surface area contributed by atoms with Gasteiger partial charge >= 0.3 is 0 Å². The second-order valence-electron chi connectivity index (χ2n) is 8.10. The summed E-state index contributed by atoms with van der Waals surface area (Å²) in [4.78, 5) is 13.6. The Morgan fingerprint density at radius 1 is 1.06 bits per heavy atom. The van der Waals surface area contributed by atoms with Crippen molar-refractivity contribution in [2.75, 3.05) is 19.0 Å². The molecule has 6 nitrogen and oxygen atoms in total. The van der Waals surface area contributed by atoms with E-state index in [-0.39, 0.29) is 28.0 Å². The number of ether oxygens (including phenoxy) is 2. The number of methoxy groups -OCH3 is 1. The third-order valence-electron chi connectivity index (χ3n) is 5.28. The standard InChI is InChI=1S/C24H25NO5S2/c1-15(2)13-30-18-6-4-16(5-7-18)20-12-22(26)25-23-21(14-31-24(20)23)32(27,28)19-10-8-17(29-3)9-11-19/h4-11,14-15,20H,12-13H2,1-3H3,(H,25,26). The molecule has 0 radical (unpaired) electrons. The van der Waals surface area contributed by atoms with E-state index in [9.17, 15) is 13.2 Å². The summed E-state index contributed by atoms with van der Waals surface area (Å²) in [5.41, 5.74) is 1.33. The molecule has 0 fully saturated rings. The minimum atomic E-state index is -3.79. The van der Waals surface area contributed by atoms with E-state index in [2.05, 4.69) is 19.2 Å². The highest BCUT2D eigenvalue weighted by atomic mass is 32.2. The maximum Gasteiger partial charge on any atom is 0.225 e. The van der Waals surface area contributed by atoms with Crippen molar-refractivity contribution in [3.8, 4) is 11.5 Å². The van der Waals surface area contributed by atoms with E-state index < -0.39 is 9.84 Å². The Labute approximate surface area is 192 Å². The summed E-state index contributed by atoms with van der Waals surface area (Å²) in [5, 5.41) is 4.41. The van der Waals surface area contributed by atoms with Crippen LogP contribution in [0.15, 0.2) is 63.7 Å². The molecule has 0 spiro atoms. The molecule has 0 saturated carbocycles. The first-order chi connectivity index (χ1) is 15.3. The lowest BCUT2D eigenvalue weighted by Crippen LogP contribution is -2.23.